The van der Waals surface area contributed by atoms with Gasteiger partial charge in [0.25, 0.3) is 6.47 Å². The van der Waals surface area contributed by atoms with E-state index in [1.165, 1.54) is 63.6 Å². The van der Waals surface area contributed by atoms with E-state index >= 15 is 0 Å². The molecule has 5 aliphatic carbocycles. The predicted octanol–water partition coefficient (Wildman–Crippen LogP) is 8.98. The number of carbonyl (C=O) groups excluding carboxylic acids is 1. The zero-order valence-corrected chi connectivity index (χ0v) is 31.7. The lowest BCUT2D eigenvalue weighted by atomic mass is 9.33. The Kier molecular flexibility index (Phi) is 9.39. The minimum Gasteiger partial charge on any atom is -0.481 e. The van der Waals surface area contributed by atoms with E-state index in [2.05, 4.69) is 50.9 Å². The van der Waals surface area contributed by atoms with Gasteiger partial charge in [0.2, 0.25) is 0 Å². The molecular weight excluding hydrogens is 627 g/mol. The number of nitrogens with zero attached hydrogens (tertiary/aromatic N) is 1. The molecule has 1 unspecified atom stereocenters. The van der Waals surface area contributed by atoms with E-state index in [0.29, 0.717) is 23.7 Å². The molecule has 1 saturated heterocycles. The van der Waals surface area contributed by atoms with Crippen molar-refractivity contribution in [3.8, 4) is 5.75 Å². The molecule has 7 heteroatoms. The van der Waals surface area contributed by atoms with E-state index in [-0.39, 0.29) is 51.3 Å². The monoisotopic (exact) mass is 690 g/mol. The summed E-state index contributed by atoms with van der Waals surface area (Å²) in [5.41, 5.74) is 2.44. The Morgan fingerprint density at radius 2 is 1.76 bits per heavy atom. The van der Waals surface area contributed by atoms with Crippen LogP contribution in [0.4, 0.5) is 4.39 Å². The fourth-order valence-corrected chi connectivity index (χ4v) is 14.3. The molecule has 4 saturated carbocycles. The van der Waals surface area contributed by atoms with Crippen LogP contribution in [-0.2, 0) is 9.59 Å². The standard InChI is InChI=1S/C43H63FN2O4/c1-28(38(48)49)30-14-19-43(45-22-25-46-23-8-7-9-24-46)21-20-41(5)32(37(30)43)11-13-36-40(4)17-15-31(29-10-12-34(50-27-47)33(44)26-29)39(2,3)35(40)16-18-42(36,41)6/h10,12,15,26-28,30,32,35-37,45H,7-9,11,13-14,16-25H2,1-6H3,(H,48,49)/t28?,30-,32+,35-,36+,37+,40-,41+,42+,43-/m0/s1. The average molecular weight is 691 g/mol. The molecule has 0 radical (unpaired) electrons. The highest BCUT2D eigenvalue weighted by Crippen LogP contribution is 2.76. The summed E-state index contributed by atoms with van der Waals surface area (Å²) in [6.45, 7) is 19.4. The van der Waals surface area contributed by atoms with Gasteiger partial charge in [0.1, 0.15) is 0 Å². The van der Waals surface area contributed by atoms with Gasteiger partial charge in [-0.2, -0.15) is 0 Å². The van der Waals surface area contributed by atoms with Crippen molar-refractivity contribution in [3.05, 3.63) is 35.7 Å². The fourth-order valence-electron chi connectivity index (χ4n) is 14.3. The van der Waals surface area contributed by atoms with Gasteiger partial charge in [-0.05, 0) is 158 Å². The number of allylic oxidation sites excluding steroid dienone is 2. The number of fused-ring (bicyclic) bond motifs is 7. The number of hydrogen-bond donors (Lipinski definition) is 2. The van der Waals surface area contributed by atoms with Crippen LogP contribution in [0.15, 0.2) is 24.3 Å². The SMILES string of the molecule is CC(C(=O)O)[C@@H]1CC[C@]2(NCCN3CCCCC3)CC[C@]3(C)[C@H](CC[C@@H]4[C@@]5(C)CC=C(c6ccc(OC=O)c(F)c6)C(C)(C)[C@@H]5CC[C@]43C)[C@@H]12. The second-order valence-electron chi connectivity index (χ2n) is 18.9. The highest BCUT2D eigenvalue weighted by Gasteiger charge is 2.70. The number of carbonyl (C=O) groups is 2. The average Bonchev–Trinajstić information content (AvgIpc) is 3.45. The Balaban J connectivity index is 1.18. The van der Waals surface area contributed by atoms with Gasteiger partial charge in [-0.1, -0.05) is 60.1 Å². The van der Waals surface area contributed by atoms with Crippen LogP contribution >= 0.6 is 0 Å². The summed E-state index contributed by atoms with van der Waals surface area (Å²) in [4.78, 5) is 26.1. The zero-order valence-electron chi connectivity index (χ0n) is 31.7. The van der Waals surface area contributed by atoms with Crippen molar-refractivity contribution in [2.45, 2.75) is 124 Å². The maximum absolute atomic E-state index is 15.0. The molecule has 6 nitrogen and oxygen atoms in total. The number of hydrogen-bond acceptors (Lipinski definition) is 5. The van der Waals surface area contributed by atoms with E-state index < -0.39 is 11.8 Å². The summed E-state index contributed by atoms with van der Waals surface area (Å²) in [7, 11) is 0. The van der Waals surface area contributed by atoms with E-state index in [9.17, 15) is 19.1 Å². The topological polar surface area (TPSA) is 78.9 Å². The zero-order chi connectivity index (χ0) is 35.7. The fraction of sp³-hybridized carbons (Fsp3) is 0.767. The van der Waals surface area contributed by atoms with E-state index in [1.807, 2.05) is 13.0 Å². The van der Waals surface area contributed by atoms with Gasteiger partial charge in [0.15, 0.2) is 11.6 Å². The molecule has 50 heavy (non-hydrogen) atoms. The van der Waals surface area contributed by atoms with Crippen LogP contribution in [-0.4, -0.2) is 54.2 Å². The number of halogens is 1. The number of nitrogens with one attached hydrogen (secondary N) is 1. The second kappa shape index (κ2) is 13.0. The molecule has 1 aromatic carbocycles. The number of carboxylic acids is 1. The largest absolute Gasteiger partial charge is 0.481 e. The third kappa shape index (κ3) is 5.44. The normalized spacial score (nSPS) is 41.5. The maximum atomic E-state index is 15.0. The minimum absolute atomic E-state index is 0.0304. The molecule has 0 spiro atoms. The molecule has 1 heterocycles. The molecule has 7 rings (SSSR count). The smallest absolute Gasteiger partial charge is 0.306 e. The molecule has 0 aromatic heterocycles. The van der Waals surface area contributed by atoms with Crippen LogP contribution in [0.1, 0.15) is 124 Å². The number of piperidine rings is 1. The summed E-state index contributed by atoms with van der Waals surface area (Å²) in [5, 5.41) is 14.6. The lowest BCUT2D eigenvalue weighted by molar-refractivity contribution is -0.221. The second-order valence-corrected chi connectivity index (χ2v) is 18.9. The molecule has 1 aromatic rings. The van der Waals surface area contributed by atoms with Gasteiger partial charge in [-0.25, -0.2) is 4.39 Å². The van der Waals surface area contributed by atoms with E-state index in [1.54, 1.807) is 12.1 Å². The molecule has 2 N–H and O–H groups in total. The van der Waals surface area contributed by atoms with Crippen molar-refractivity contribution >= 4 is 18.0 Å². The number of likely N-dealkylation sites (tertiary alicyclic amines) is 1. The van der Waals surface area contributed by atoms with Gasteiger partial charge in [-0.3, -0.25) is 9.59 Å². The van der Waals surface area contributed by atoms with Crippen LogP contribution in [0.25, 0.3) is 5.57 Å². The summed E-state index contributed by atoms with van der Waals surface area (Å²) in [6, 6.07) is 5.03. The van der Waals surface area contributed by atoms with Crippen molar-refractivity contribution in [1.82, 2.24) is 10.2 Å². The van der Waals surface area contributed by atoms with Gasteiger partial charge >= 0.3 is 5.97 Å². The van der Waals surface area contributed by atoms with Crippen LogP contribution in [0.2, 0.25) is 0 Å². The number of ether oxygens (including phenoxy) is 1. The Labute approximate surface area is 300 Å². The van der Waals surface area contributed by atoms with Crippen LogP contribution in [0, 0.1) is 63.0 Å². The molecule has 0 amide bonds. The molecule has 0 bridgehead atoms. The Morgan fingerprint density at radius 1 is 1.00 bits per heavy atom. The highest BCUT2D eigenvalue weighted by molar-refractivity contribution is 5.72. The molecule has 5 fully saturated rings. The Hall–Kier alpha value is -2.25. The Morgan fingerprint density at radius 3 is 2.46 bits per heavy atom. The summed E-state index contributed by atoms with van der Waals surface area (Å²) in [5.74, 6) is 0.692. The van der Waals surface area contributed by atoms with Crippen LogP contribution < -0.4 is 10.1 Å². The molecule has 6 aliphatic rings. The molecule has 10 atom stereocenters. The van der Waals surface area contributed by atoms with Crippen molar-refractivity contribution < 1.29 is 23.8 Å². The van der Waals surface area contributed by atoms with Gasteiger partial charge in [-0.15, -0.1) is 0 Å². The third-order valence-corrected chi connectivity index (χ3v) is 16.9. The molecule has 276 valence electrons. The highest BCUT2D eigenvalue weighted by atomic mass is 19.1. The predicted molar refractivity (Wildman–Crippen MR) is 196 cm³/mol. The first-order valence-electron chi connectivity index (χ1n) is 20.0. The van der Waals surface area contributed by atoms with Crippen LogP contribution in [0.3, 0.4) is 0 Å². The van der Waals surface area contributed by atoms with Crippen molar-refractivity contribution in [2.24, 2.45) is 57.2 Å². The minimum atomic E-state index is -0.628. The lowest BCUT2D eigenvalue weighted by Gasteiger charge is -2.72. The quantitative estimate of drug-likeness (QED) is 0.252. The first-order valence-corrected chi connectivity index (χ1v) is 20.0. The maximum Gasteiger partial charge on any atom is 0.306 e. The summed E-state index contributed by atoms with van der Waals surface area (Å²) >= 11 is 0. The van der Waals surface area contributed by atoms with Gasteiger partial charge < -0.3 is 20.1 Å². The Bertz CT molecular complexity index is 1500. The third-order valence-electron chi connectivity index (χ3n) is 16.9. The van der Waals surface area contributed by atoms with Crippen molar-refractivity contribution in [3.63, 3.8) is 0 Å². The molecular formula is C43H63FN2O4. The van der Waals surface area contributed by atoms with E-state index in [4.69, 9.17) is 4.74 Å². The first-order chi connectivity index (χ1) is 23.7. The number of aliphatic carboxylic acids is 1. The van der Waals surface area contributed by atoms with Crippen molar-refractivity contribution in [1.29, 1.82) is 0 Å². The number of rotatable bonds is 9. The number of carboxylic acid groups (broad SMARTS) is 1. The lowest BCUT2D eigenvalue weighted by Crippen LogP contribution is -2.68. The van der Waals surface area contributed by atoms with Gasteiger partial charge in [0.05, 0.1) is 5.92 Å². The summed E-state index contributed by atoms with van der Waals surface area (Å²) in [6.07, 6.45) is 16.6. The molecule has 1 aliphatic heterocycles. The van der Waals surface area contributed by atoms with Gasteiger partial charge in [0, 0.05) is 18.6 Å². The number of benzene rings is 1. The van der Waals surface area contributed by atoms with Crippen molar-refractivity contribution in [2.75, 3.05) is 26.2 Å². The summed E-state index contributed by atoms with van der Waals surface area (Å²) < 4.78 is 19.8. The first kappa shape index (κ1) is 36.1. The van der Waals surface area contributed by atoms with E-state index in [0.717, 1.165) is 50.8 Å². The van der Waals surface area contributed by atoms with Crippen LogP contribution in [0.5, 0.6) is 5.75 Å².